The minimum absolute atomic E-state index is 0.150. The Labute approximate surface area is 129 Å². The molecule has 0 amide bonds. The van der Waals surface area contributed by atoms with Crippen LogP contribution >= 0.6 is 34.2 Å². The van der Waals surface area contributed by atoms with Crippen molar-refractivity contribution < 1.29 is 0 Å². The Balaban J connectivity index is 2.57. The lowest BCUT2D eigenvalue weighted by Gasteiger charge is -2.09. The van der Waals surface area contributed by atoms with E-state index in [1.807, 2.05) is 22.6 Å². The number of rotatable bonds is 3. The van der Waals surface area contributed by atoms with Crippen LogP contribution in [0, 0.1) is 9.49 Å². The molecule has 0 saturated heterocycles. The Hall–Kier alpha value is -0.950. The van der Waals surface area contributed by atoms with E-state index in [9.17, 15) is 4.79 Å². The minimum atomic E-state index is -0.150. The van der Waals surface area contributed by atoms with Crippen LogP contribution in [0.3, 0.4) is 0 Å². The predicted molar refractivity (Wildman–Crippen MR) is 84.4 cm³/mol. The molecule has 19 heavy (non-hydrogen) atoms. The molecule has 0 aromatic carbocycles. The van der Waals surface area contributed by atoms with Crippen LogP contribution in [0.15, 0.2) is 23.1 Å². The van der Waals surface area contributed by atoms with Gasteiger partial charge in [-0.05, 0) is 47.1 Å². The minimum Gasteiger partial charge on any atom is -0.304 e. The lowest BCUT2D eigenvalue weighted by Crippen LogP contribution is -2.18. The summed E-state index contributed by atoms with van der Waals surface area (Å²) in [7, 11) is 0. The number of aromatic amines is 1. The van der Waals surface area contributed by atoms with Crippen molar-refractivity contribution in [2.75, 3.05) is 0 Å². The van der Waals surface area contributed by atoms with Gasteiger partial charge in [-0.25, -0.2) is 4.98 Å². The van der Waals surface area contributed by atoms with Gasteiger partial charge in [0.2, 0.25) is 0 Å². The smallest absolute Gasteiger partial charge is 0.264 e. The Kier molecular flexibility index (Phi) is 4.57. The molecule has 2 heterocycles. The zero-order valence-corrected chi connectivity index (χ0v) is 13.5. The van der Waals surface area contributed by atoms with Gasteiger partial charge in [0.05, 0.1) is 14.3 Å². The van der Waals surface area contributed by atoms with Gasteiger partial charge in [-0.3, -0.25) is 9.78 Å². The maximum absolute atomic E-state index is 12.0. The molecule has 0 spiro atoms. The van der Waals surface area contributed by atoms with E-state index < -0.39 is 0 Å². The molecule has 1 N–H and O–H groups in total. The fourth-order valence-corrected chi connectivity index (χ4v) is 2.39. The van der Waals surface area contributed by atoms with E-state index in [2.05, 4.69) is 28.8 Å². The van der Waals surface area contributed by atoms with Crippen molar-refractivity contribution in [2.24, 2.45) is 5.92 Å². The molecule has 0 fully saturated rings. The fourth-order valence-electron chi connectivity index (χ4n) is 1.70. The summed E-state index contributed by atoms with van der Waals surface area (Å²) in [4.78, 5) is 23.3. The van der Waals surface area contributed by atoms with Crippen LogP contribution < -0.4 is 5.56 Å². The van der Waals surface area contributed by atoms with Crippen molar-refractivity contribution >= 4 is 34.2 Å². The Morgan fingerprint density at radius 2 is 2.21 bits per heavy atom. The summed E-state index contributed by atoms with van der Waals surface area (Å²) in [5.41, 5.74) is 1.14. The molecule has 2 aromatic heterocycles. The summed E-state index contributed by atoms with van der Waals surface area (Å²) in [6.45, 7) is 4.18. The highest BCUT2D eigenvalue weighted by atomic mass is 127. The number of hydrogen-bond acceptors (Lipinski definition) is 3. The van der Waals surface area contributed by atoms with Crippen LogP contribution in [0.2, 0.25) is 5.02 Å². The van der Waals surface area contributed by atoms with Gasteiger partial charge in [-0.2, -0.15) is 0 Å². The first-order chi connectivity index (χ1) is 8.99. The number of pyridine rings is 1. The van der Waals surface area contributed by atoms with E-state index in [-0.39, 0.29) is 5.56 Å². The van der Waals surface area contributed by atoms with Crippen molar-refractivity contribution in [3.8, 4) is 11.5 Å². The van der Waals surface area contributed by atoms with Crippen molar-refractivity contribution in [1.29, 1.82) is 0 Å². The SMILES string of the molecule is CC(C)Cc1nc(-c2ncccc2Cl)[nH]c(=O)c1I. The highest BCUT2D eigenvalue weighted by Crippen LogP contribution is 2.22. The number of hydrogen-bond donors (Lipinski definition) is 1. The standard InChI is InChI=1S/C13H13ClIN3O/c1-7(2)6-9-10(15)13(19)18-12(17-9)11-8(14)4-3-5-16-11/h3-5,7H,6H2,1-2H3,(H,17,18,19). The van der Waals surface area contributed by atoms with Gasteiger partial charge in [0, 0.05) is 6.20 Å². The predicted octanol–water partition coefficient (Wildman–Crippen LogP) is 3.29. The van der Waals surface area contributed by atoms with Crippen LogP contribution in [0.5, 0.6) is 0 Å². The molecule has 0 radical (unpaired) electrons. The quantitative estimate of drug-likeness (QED) is 0.820. The normalized spacial score (nSPS) is 11.0. The van der Waals surface area contributed by atoms with E-state index in [1.54, 1.807) is 18.3 Å². The molecule has 2 rings (SSSR count). The number of H-pyrrole nitrogens is 1. The third kappa shape index (κ3) is 3.33. The molecule has 0 bridgehead atoms. The van der Waals surface area contributed by atoms with Crippen molar-refractivity contribution in [3.63, 3.8) is 0 Å². The summed E-state index contributed by atoms with van der Waals surface area (Å²) in [5.74, 6) is 0.849. The third-order valence-electron chi connectivity index (χ3n) is 2.52. The number of nitrogens with one attached hydrogen (secondary N) is 1. The average Bonchev–Trinajstić information content (AvgIpc) is 2.35. The molecule has 6 heteroatoms. The second-order valence-corrected chi connectivity index (χ2v) is 6.09. The maximum Gasteiger partial charge on any atom is 0.264 e. The second-order valence-electron chi connectivity index (χ2n) is 4.61. The number of halogens is 2. The molecule has 4 nitrogen and oxygen atoms in total. The third-order valence-corrected chi connectivity index (χ3v) is 3.93. The van der Waals surface area contributed by atoms with Gasteiger partial charge in [0.15, 0.2) is 5.82 Å². The van der Waals surface area contributed by atoms with E-state index in [4.69, 9.17) is 11.6 Å². The fraction of sp³-hybridized carbons (Fsp3) is 0.308. The largest absolute Gasteiger partial charge is 0.304 e. The average molecular weight is 390 g/mol. The van der Waals surface area contributed by atoms with Crippen LogP contribution in [-0.4, -0.2) is 15.0 Å². The van der Waals surface area contributed by atoms with E-state index in [0.717, 1.165) is 12.1 Å². The molecule has 100 valence electrons. The summed E-state index contributed by atoms with van der Waals surface area (Å²) in [5, 5.41) is 0.474. The number of aromatic nitrogens is 3. The van der Waals surface area contributed by atoms with E-state index >= 15 is 0 Å². The molecule has 0 aliphatic carbocycles. The number of nitrogens with zero attached hydrogens (tertiary/aromatic N) is 2. The van der Waals surface area contributed by atoms with Crippen LogP contribution in [0.4, 0.5) is 0 Å². The van der Waals surface area contributed by atoms with Crippen molar-refractivity contribution in [2.45, 2.75) is 20.3 Å². The van der Waals surface area contributed by atoms with E-state index in [0.29, 0.717) is 26.0 Å². The summed E-state index contributed by atoms with van der Waals surface area (Å²) in [6, 6.07) is 3.47. The lowest BCUT2D eigenvalue weighted by atomic mass is 10.1. The van der Waals surface area contributed by atoms with Gasteiger partial charge in [0.1, 0.15) is 5.69 Å². The van der Waals surface area contributed by atoms with Gasteiger partial charge in [0.25, 0.3) is 5.56 Å². The topological polar surface area (TPSA) is 58.6 Å². The monoisotopic (exact) mass is 389 g/mol. The maximum atomic E-state index is 12.0. The molecular formula is C13H13ClIN3O. The molecule has 0 aliphatic rings. The Morgan fingerprint density at radius 3 is 2.84 bits per heavy atom. The van der Waals surface area contributed by atoms with Gasteiger partial charge in [-0.1, -0.05) is 25.4 Å². The first-order valence-electron chi connectivity index (χ1n) is 5.88. The molecule has 0 aliphatic heterocycles. The highest BCUT2D eigenvalue weighted by molar-refractivity contribution is 14.1. The van der Waals surface area contributed by atoms with Gasteiger partial charge in [-0.15, -0.1) is 0 Å². The molecule has 0 saturated carbocycles. The second kappa shape index (κ2) is 6.00. The lowest BCUT2D eigenvalue weighted by molar-refractivity contribution is 0.631. The Morgan fingerprint density at radius 1 is 1.47 bits per heavy atom. The van der Waals surface area contributed by atoms with Crippen LogP contribution in [0.1, 0.15) is 19.5 Å². The molecular weight excluding hydrogens is 377 g/mol. The van der Waals surface area contributed by atoms with Crippen LogP contribution in [0.25, 0.3) is 11.5 Å². The highest BCUT2D eigenvalue weighted by Gasteiger charge is 2.14. The van der Waals surface area contributed by atoms with Crippen molar-refractivity contribution in [3.05, 3.63) is 43.0 Å². The van der Waals surface area contributed by atoms with E-state index in [1.165, 1.54) is 0 Å². The first kappa shape index (κ1) is 14.5. The zero-order chi connectivity index (χ0) is 14.0. The summed E-state index contributed by atoms with van der Waals surface area (Å²) in [6.07, 6.45) is 2.38. The van der Waals surface area contributed by atoms with Crippen LogP contribution in [-0.2, 0) is 6.42 Å². The molecule has 0 unspecified atom stereocenters. The van der Waals surface area contributed by atoms with Crippen molar-refractivity contribution in [1.82, 2.24) is 15.0 Å². The Bertz CT molecular complexity index is 655. The molecule has 0 atom stereocenters. The molecule has 2 aromatic rings. The first-order valence-corrected chi connectivity index (χ1v) is 7.34. The van der Waals surface area contributed by atoms with Gasteiger partial charge >= 0.3 is 0 Å². The van der Waals surface area contributed by atoms with Gasteiger partial charge < -0.3 is 4.98 Å². The zero-order valence-electron chi connectivity index (χ0n) is 10.6. The summed E-state index contributed by atoms with van der Waals surface area (Å²) >= 11 is 8.11. The summed E-state index contributed by atoms with van der Waals surface area (Å²) < 4.78 is 0.627.